The Morgan fingerprint density at radius 1 is 1.11 bits per heavy atom. The summed E-state index contributed by atoms with van der Waals surface area (Å²) in [4.78, 5) is 61.0. The SMILES string of the molecule is CCn1c(N)c(C(=O)OC(N)=O)c(=O)c2cnc(-c3ccc(NC(=O)NCc4cccnc4)cc3)nc21. The molecule has 3 heterocycles. The van der Waals surface area contributed by atoms with Crippen LogP contribution in [0.25, 0.3) is 22.4 Å². The molecule has 3 aromatic heterocycles. The Kier molecular flexibility index (Phi) is 7.04. The summed E-state index contributed by atoms with van der Waals surface area (Å²) in [5, 5.41) is 5.49. The van der Waals surface area contributed by atoms with Gasteiger partial charge in [0.05, 0.1) is 5.39 Å². The molecule has 0 saturated carbocycles. The lowest BCUT2D eigenvalue weighted by Gasteiger charge is -2.15. The molecule has 4 aromatic rings. The van der Waals surface area contributed by atoms with E-state index in [0.29, 0.717) is 17.8 Å². The number of nitrogens with one attached hydrogen (secondary N) is 2. The Balaban J connectivity index is 1.57. The monoisotopic (exact) mass is 502 g/mol. The van der Waals surface area contributed by atoms with Crippen molar-refractivity contribution >= 4 is 40.6 Å². The average Bonchev–Trinajstić information content (AvgIpc) is 2.88. The first-order valence-electron chi connectivity index (χ1n) is 11.0. The molecular formula is C24H22N8O5. The number of carbonyl (C=O) groups excluding carboxylic acids is 3. The number of pyridine rings is 2. The summed E-state index contributed by atoms with van der Waals surface area (Å²) in [6.45, 7) is 2.32. The first-order valence-corrected chi connectivity index (χ1v) is 11.0. The number of nitrogens with two attached hydrogens (primary N) is 2. The average molecular weight is 502 g/mol. The third kappa shape index (κ3) is 5.35. The van der Waals surface area contributed by atoms with Crippen LogP contribution in [0, 0.1) is 0 Å². The van der Waals surface area contributed by atoms with E-state index in [2.05, 4.69) is 30.3 Å². The number of anilines is 2. The highest BCUT2D eigenvalue weighted by molar-refractivity contribution is 6.02. The molecule has 0 unspecified atom stereocenters. The number of ether oxygens (including phenoxy) is 1. The Morgan fingerprint density at radius 2 is 1.86 bits per heavy atom. The van der Waals surface area contributed by atoms with Gasteiger partial charge in [-0.05, 0) is 42.8 Å². The number of esters is 1. The second-order valence-electron chi connectivity index (χ2n) is 7.72. The van der Waals surface area contributed by atoms with Crippen LogP contribution in [0.3, 0.4) is 0 Å². The van der Waals surface area contributed by atoms with E-state index in [4.69, 9.17) is 11.5 Å². The maximum Gasteiger partial charge on any atom is 0.412 e. The molecule has 0 aliphatic heterocycles. The fourth-order valence-corrected chi connectivity index (χ4v) is 3.60. The largest absolute Gasteiger partial charge is 0.412 e. The minimum atomic E-state index is -1.36. The van der Waals surface area contributed by atoms with E-state index in [1.54, 1.807) is 49.6 Å². The topological polar surface area (TPSA) is 197 Å². The van der Waals surface area contributed by atoms with Crippen LogP contribution >= 0.6 is 0 Å². The number of primary amides is 1. The molecule has 0 saturated heterocycles. The van der Waals surface area contributed by atoms with Gasteiger partial charge in [0, 0.05) is 42.9 Å². The van der Waals surface area contributed by atoms with Crippen molar-refractivity contribution in [3.63, 3.8) is 0 Å². The van der Waals surface area contributed by atoms with Crippen LogP contribution in [-0.4, -0.2) is 37.6 Å². The van der Waals surface area contributed by atoms with Gasteiger partial charge < -0.3 is 31.4 Å². The molecule has 0 radical (unpaired) electrons. The summed E-state index contributed by atoms with van der Waals surface area (Å²) in [5.41, 5.74) is 11.8. The maximum atomic E-state index is 12.9. The molecule has 4 rings (SSSR count). The normalized spacial score (nSPS) is 10.6. The predicted molar refractivity (Wildman–Crippen MR) is 134 cm³/mol. The minimum absolute atomic E-state index is 0.0137. The molecule has 6 N–H and O–H groups in total. The number of hydrogen-bond donors (Lipinski definition) is 4. The van der Waals surface area contributed by atoms with Crippen LogP contribution in [0.5, 0.6) is 0 Å². The lowest BCUT2D eigenvalue weighted by atomic mass is 10.1. The number of urea groups is 1. The second kappa shape index (κ2) is 10.5. The Bertz CT molecular complexity index is 1550. The molecule has 188 valence electrons. The van der Waals surface area contributed by atoms with Crippen LogP contribution in [0.4, 0.5) is 21.1 Å². The van der Waals surface area contributed by atoms with Gasteiger partial charge in [-0.25, -0.2) is 24.4 Å². The lowest BCUT2D eigenvalue weighted by Crippen LogP contribution is -2.28. The van der Waals surface area contributed by atoms with Gasteiger partial charge in [-0.1, -0.05) is 6.07 Å². The summed E-state index contributed by atoms with van der Waals surface area (Å²) >= 11 is 0. The number of hydrogen-bond acceptors (Lipinski definition) is 9. The first kappa shape index (κ1) is 24.8. The number of aryl methyl sites for hydroxylation is 1. The van der Waals surface area contributed by atoms with E-state index in [-0.39, 0.29) is 35.3 Å². The van der Waals surface area contributed by atoms with Gasteiger partial charge >= 0.3 is 18.1 Å². The van der Waals surface area contributed by atoms with Gasteiger partial charge in [-0.2, -0.15) is 0 Å². The number of carbonyl (C=O) groups is 3. The summed E-state index contributed by atoms with van der Waals surface area (Å²) in [6, 6.07) is 10.0. The number of nitrogens with zero attached hydrogens (tertiary/aromatic N) is 4. The van der Waals surface area contributed by atoms with Gasteiger partial charge in [0.2, 0.25) is 5.43 Å². The minimum Gasteiger partial charge on any atom is -0.384 e. The smallest absolute Gasteiger partial charge is 0.384 e. The third-order valence-electron chi connectivity index (χ3n) is 5.33. The van der Waals surface area contributed by atoms with E-state index < -0.39 is 23.1 Å². The van der Waals surface area contributed by atoms with E-state index in [0.717, 1.165) is 5.56 Å². The van der Waals surface area contributed by atoms with E-state index in [9.17, 15) is 19.2 Å². The standard InChI is InChI=1S/C24H22N8O5/c1-2-32-19(25)17(22(34)37-23(26)35)18(33)16-12-28-20(31-21(16)32)14-5-7-15(8-6-14)30-24(36)29-11-13-4-3-9-27-10-13/h3-10,12H,2,11,25H2,1H3,(H2,26,35)(H2,29,30,36). The van der Waals surface area contributed by atoms with Gasteiger partial charge in [-0.3, -0.25) is 9.78 Å². The molecular weight excluding hydrogens is 480 g/mol. The summed E-state index contributed by atoms with van der Waals surface area (Å²) in [5.74, 6) is -1.18. The predicted octanol–water partition coefficient (Wildman–Crippen LogP) is 2.01. The van der Waals surface area contributed by atoms with E-state index in [1.165, 1.54) is 10.8 Å². The van der Waals surface area contributed by atoms with Crippen LogP contribution < -0.4 is 27.5 Å². The molecule has 0 spiro atoms. The fraction of sp³-hybridized carbons (Fsp3) is 0.125. The molecule has 13 nitrogen and oxygen atoms in total. The van der Waals surface area contributed by atoms with Crippen LogP contribution in [0.2, 0.25) is 0 Å². The number of aromatic nitrogens is 4. The third-order valence-corrected chi connectivity index (χ3v) is 5.33. The Morgan fingerprint density at radius 3 is 2.51 bits per heavy atom. The summed E-state index contributed by atoms with van der Waals surface area (Å²) in [7, 11) is 0. The van der Waals surface area contributed by atoms with E-state index >= 15 is 0 Å². The van der Waals surface area contributed by atoms with Crippen molar-refractivity contribution < 1.29 is 19.1 Å². The molecule has 0 atom stereocenters. The highest BCUT2D eigenvalue weighted by atomic mass is 16.6. The zero-order valence-corrected chi connectivity index (χ0v) is 19.6. The Labute approximate surface area is 209 Å². The van der Waals surface area contributed by atoms with Crippen molar-refractivity contribution in [3.05, 3.63) is 76.3 Å². The Hall–Kier alpha value is -5.33. The highest BCUT2D eigenvalue weighted by Crippen LogP contribution is 2.22. The van der Waals surface area contributed by atoms with Gasteiger partial charge in [0.15, 0.2) is 5.82 Å². The van der Waals surface area contributed by atoms with Crippen LogP contribution in [-0.2, 0) is 17.8 Å². The van der Waals surface area contributed by atoms with E-state index in [1.807, 2.05) is 6.07 Å². The zero-order chi connectivity index (χ0) is 26.5. The van der Waals surface area contributed by atoms with Crippen LogP contribution in [0.1, 0.15) is 22.8 Å². The highest BCUT2D eigenvalue weighted by Gasteiger charge is 2.24. The molecule has 0 aliphatic carbocycles. The van der Waals surface area contributed by atoms with Gasteiger partial charge in [0.1, 0.15) is 17.0 Å². The van der Waals surface area contributed by atoms with Crippen molar-refractivity contribution in [2.24, 2.45) is 5.73 Å². The quantitative estimate of drug-likeness (QED) is 0.225. The van der Waals surface area contributed by atoms with Gasteiger partial charge in [-0.15, -0.1) is 0 Å². The van der Waals surface area contributed by atoms with Crippen molar-refractivity contribution in [1.29, 1.82) is 0 Å². The van der Waals surface area contributed by atoms with Crippen molar-refractivity contribution in [2.45, 2.75) is 20.0 Å². The number of rotatable bonds is 6. The van der Waals surface area contributed by atoms with Crippen molar-refractivity contribution in [1.82, 2.24) is 24.8 Å². The molecule has 1 aromatic carbocycles. The number of amides is 3. The number of nitrogen functional groups attached to an aromatic ring is 1. The molecule has 0 fully saturated rings. The van der Waals surface area contributed by atoms with Crippen molar-refractivity contribution in [3.8, 4) is 11.4 Å². The summed E-state index contributed by atoms with van der Waals surface area (Å²) < 4.78 is 5.78. The molecule has 3 amide bonds. The summed E-state index contributed by atoms with van der Waals surface area (Å²) in [6.07, 6.45) is 3.23. The molecule has 0 aliphatic rings. The molecule has 0 bridgehead atoms. The first-order chi connectivity index (χ1) is 17.8. The number of benzene rings is 1. The zero-order valence-electron chi connectivity index (χ0n) is 19.6. The van der Waals surface area contributed by atoms with Crippen molar-refractivity contribution in [2.75, 3.05) is 11.1 Å². The molecule has 13 heteroatoms. The fourth-order valence-electron chi connectivity index (χ4n) is 3.60. The molecule has 37 heavy (non-hydrogen) atoms. The number of fused-ring (bicyclic) bond motifs is 1. The second-order valence-corrected chi connectivity index (χ2v) is 7.72. The lowest BCUT2D eigenvalue weighted by molar-refractivity contribution is 0.0637. The van der Waals surface area contributed by atoms with Gasteiger partial charge in [0.25, 0.3) is 0 Å². The van der Waals surface area contributed by atoms with Crippen LogP contribution in [0.15, 0.2) is 59.8 Å². The maximum absolute atomic E-state index is 12.9.